The van der Waals surface area contributed by atoms with Crippen LogP contribution in [0.3, 0.4) is 0 Å². The number of piperidine rings is 2. The van der Waals surface area contributed by atoms with Crippen molar-refractivity contribution in [3.63, 3.8) is 0 Å². The molecule has 0 unspecified atom stereocenters. The summed E-state index contributed by atoms with van der Waals surface area (Å²) in [5.41, 5.74) is -1.18. The number of halogens is 3. The van der Waals surface area contributed by atoms with Gasteiger partial charge in [-0.3, -0.25) is 19.4 Å². The smallest absolute Gasteiger partial charge is 0.418 e. The summed E-state index contributed by atoms with van der Waals surface area (Å²) in [6.07, 6.45) is 0.208. The van der Waals surface area contributed by atoms with Crippen LogP contribution < -0.4 is 0 Å². The molecule has 0 spiro atoms. The number of benzene rings is 1. The van der Waals surface area contributed by atoms with Crippen LogP contribution in [-0.2, 0) is 32.5 Å². The van der Waals surface area contributed by atoms with E-state index in [0.717, 1.165) is 23.3 Å². The van der Waals surface area contributed by atoms with Crippen molar-refractivity contribution in [2.45, 2.75) is 82.5 Å². The zero-order chi connectivity index (χ0) is 32.6. The molecule has 2 saturated heterocycles. The molecule has 2 atom stereocenters. The number of carboxylic acid groups (broad SMARTS) is 1. The normalized spacial score (nSPS) is 20.2. The largest absolute Gasteiger partial charge is 0.481 e. The number of aliphatic carboxylic acids is 1. The third-order valence-electron chi connectivity index (χ3n) is 8.87. The molecule has 0 saturated carbocycles. The lowest BCUT2D eigenvalue weighted by atomic mass is 9.80. The molecule has 2 amide bonds. The van der Waals surface area contributed by atoms with Crippen LogP contribution in [-0.4, -0.2) is 81.7 Å². The van der Waals surface area contributed by atoms with E-state index in [0.29, 0.717) is 77.7 Å². The Morgan fingerprint density at radius 2 is 1.80 bits per heavy atom. The number of pyridine rings is 1. The third kappa shape index (κ3) is 8.40. The Labute approximate surface area is 261 Å². The number of amides is 2. The molecule has 3 heterocycles. The molecule has 1 aromatic heterocycles. The third-order valence-corrected chi connectivity index (χ3v) is 8.87. The second kappa shape index (κ2) is 15.2. The summed E-state index contributed by atoms with van der Waals surface area (Å²) in [6.45, 7) is 3.50. The first-order chi connectivity index (χ1) is 21.5. The quantitative estimate of drug-likeness (QED) is 0.314. The zero-order valence-corrected chi connectivity index (χ0v) is 25.6. The average Bonchev–Trinajstić information content (AvgIpc) is 3.02. The fourth-order valence-electron chi connectivity index (χ4n) is 6.59. The number of hydrogen-bond acceptors (Lipinski definition) is 6. The lowest BCUT2D eigenvalue weighted by Crippen LogP contribution is -2.55. The van der Waals surface area contributed by atoms with Crippen LogP contribution in [0.25, 0.3) is 0 Å². The lowest BCUT2D eigenvalue weighted by molar-refractivity contribution is -0.144. The van der Waals surface area contributed by atoms with Crippen molar-refractivity contribution in [2.24, 2.45) is 5.92 Å². The summed E-state index contributed by atoms with van der Waals surface area (Å²) in [7, 11) is 0. The molecule has 0 radical (unpaired) electrons. The van der Waals surface area contributed by atoms with Gasteiger partial charge in [0, 0.05) is 44.9 Å². The Morgan fingerprint density at radius 1 is 1.07 bits per heavy atom. The van der Waals surface area contributed by atoms with Gasteiger partial charge in [-0.2, -0.15) is 13.2 Å². The maximum atomic E-state index is 13.9. The predicted octanol–water partition coefficient (Wildman–Crippen LogP) is 5.06. The number of rotatable bonds is 12. The van der Waals surface area contributed by atoms with Crippen LogP contribution in [0.15, 0.2) is 42.6 Å². The highest BCUT2D eigenvalue weighted by Gasteiger charge is 2.44. The van der Waals surface area contributed by atoms with Crippen molar-refractivity contribution in [1.82, 2.24) is 14.8 Å². The van der Waals surface area contributed by atoms with Crippen molar-refractivity contribution in [3.05, 3.63) is 65.0 Å². The number of nitrogens with zero attached hydrogens (tertiary/aromatic N) is 3. The number of carboxylic acids is 1. The molecule has 2 N–H and O–H groups in total. The van der Waals surface area contributed by atoms with Gasteiger partial charge in [0.15, 0.2) is 0 Å². The van der Waals surface area contributed by atoms with E-state index in [-0.39, 0.29) is 18.9 Å². The molecule has 9 nitrogen and oxygen atoms in total. The minimum absolute atomic E-state index is 0.0448. The molecule has 2 aliphatic rings. The lowest BCUT2D eigenvalue weighted by Gasteiger charge is -2.45. The molecule has 2 aliphatic heterocycles. The van der Waals surface area contributed by atoms with Crippen LogP contribution in [0.2, 0.25) is 0 Å². The molecule has 4 rings (SSSR count). The fraction of sp³-hybridized carbons (Fsp3) is 0.576. The summed E-state index contributed by atoms with van der Waals surface area (Å²) in [5.74, 6) is -2.38. The van der Waals surface area contributed by atoms with Crippen molar-refractivity contribution >= 4 is 17.8 Å². The monoisotopic (exact) mass is 633 g/mol. The van der Waals surface area contributed by atoms with Gasteiger partial charge in [-0.05, 0) is 68.2 Å². The summed E-state index contributed by atoms with van der Waals surface area (Å²) < 4.78 is 46.7. The fourth-order valence-corrected chi connectivity index (χ4v) is 6.59. The van der Waals surface area contributed by atoms with E-state index in [1.165, 1.54) is 11.1 Å². The van der Waals surface area contributed by atoms with Gasteiger partial charge in [0.05, 0.1) is 23.7 Å². The number of aromatic nitrogens is 1. The number of carbonyl (C=O) groups is 3. The molecule has 0 aliphatic carbocycles. The highest BCUT2D eigenvalue weighted by atomic mass is 19.4. The minimum Gasteiger partial charge on any atom is -0.481 e. The van der Waals surface area contributed by atoms with Crippen molar-refractivity contribution < 1.29 is 42.5 Å². The highest BCUT2D eigenvalue weighted by Crippen LogP contribution is 2.38. The topological polar surface area (TPSA) is 120 Å². The molecule has 0 bridgehead atoms. The Kier molecular flexibility index (Phi) is 11.6. The number of carbonyl (C=O) groups excluding carboxylic acids is 2. The Bertz CT molecular complexity index is 1330. The molecule has 2 fully saturated rings. The molecule has 12 heteroatoms. The van der Waals surface area contributed by atoms with Gasteiger partial charge in [-0.1, -0.05) is 37.6 Å². The van der Waals surface area contributed by atoms with E-state index in [1.54, 1.807) is 4.90 Å². The van der Waals surface area contributed by atoms with Gasteiger partial charge in [-0.25, -0.2) is 0 Å². The molecular formula is C33H42F3N3O6. The Hall–Kier alpha value is -3.51. The van der Waals surface area contributed by atoms with E-state index < -0.39 is 46.9 Å². The first-order valence-electron chi connectivity index (χ1n) is 15.7. The van der Waals surface area contributed by atoms with Gasteiger partial charge in [-0.15, -0.1) is 0 Å². The van der Waals surface area contributed by atoms with Gasteiger partial charge in [0.25, 0.3) is 5.91 Å². The number of aliphatic hydroxyl groups is 1. The second-order valence-corrected chi connectivity index (χ2v) is 11.9. The molecule has 1 aromatic carbocycles. The summed E-state index contributed by atoms with van der Waals surface area (Å²) in [5, 5.41) is 20.5. The number of alkyl halides is 3. The highest BCUT2D eigenvalue weighted by molar-refractivity contribution is 5.95. The number of likely N-dealkylation sites (tertiary alicyclic amines) is 2. The summed E-state index contributed by atoms with van der Waals surface area (Å²) in [6, 6.07) is 9.01. The maximum Gasteiger partial charge on any atom is 0.418 e. The number of hydrogen-bond donors (Lipinski definition) is 2. The van der Waals surface area contributed by atoms with Crippen molar-refractivity contribution in [1.29, 1.82) is 0 Å². The van der Waals surface area contributed by atoms with Crippen LogP contribution >= 0.6 is 0 Å². The standard InChI is InChI=1S/C33H42F3N3O6/c1-2-8-27-24(10-6-18-39(27)31(43)29-26(33(34,35)36)12-5-17-37-29)30(42)38-19-15-32(44,16-20-38)25-11-4-3-9-23(25)14-22-45-21-7-13-28(40)41/h3-5,9,11-12,17,24,27,44H,2,6-8,10,13-16,18-22H2,1H3,(H,40,41)/t24-,27-/m1/s1. The first-order valence-corrected chi connectivity index (χ1v) is 15.7. The summed E-state index contributed by atoms with van der Waals surface area (Å²) >= 11 is 0. The molecule has 45 heavy (non-hydrogen) atoms. The van der Waals surface area contributed by atoms with Crippen LogP contribution in [0.5, 0.6) is 0 Å². The van der Waals surface area contributed by atoms with Crippen LogP contribution in [0.4, 0.5) is 13.2 Å². The van der Waals surface area contributed by atoms with E-state index in [2.05, 4.69) is 4.98 Å². The maximum absolute atomic E-state index is 13.9. The average molecular weight is 634 g/mol. The van der Waals surface area contributed by atoms with Crippen molar-refractivity contribution in [3.8, 4) is 0 Å². The molecule has 246 valence electrons. The minimum atomic E-state index is -4.73. The zero-order valence-electron chi connectivity index (χ0n) is 25.6. The van der Waals surface area contributed by atoms with E-state index in [9.17, 15) is 32.7 Å². The Morgan fingerprint density at radius 3 is 2.49 bits per heavy atom. The SMILES string of the molecule is CCC[C@@H]1[C@H](C(=O)N2CCC(O)(c3ccccc3CCOCCCC(=O)O)CC2)CCCN1C(=O)c1ncccc1C(F)(F)F. The number of ether oxygens (including phenoxy) is 1. The van der Waals surface area contributed by atoms with Gasteiger partial charge < -0.3 is 24.7 Å². The van der Waals surface area contributed by atoms with Gasteiger partial charge in [0.2, 0.25) is 5.91 Å². The van der Waals surface area contributed by atoms with E-state index in [1.807, 2.05) is 31.2 Å². The van der Waals surface area contributed by atoms with Gasteiger partial charge >= 0.3 is 12.1 Å². The van der Waals surface area contributed by atoms with Gasteiger partial charge in [0.1, 0.15) is 5.69 Å². The molecular weight excluding hydrogens is 591 g/mol. The van der Waals surface area contributed by atoms with E-state index >= 15 is 0 Å². The van der Waals surface area contributed by atoms with Crippen LogP contribution in [0.1, 0.15) is 85.5 Å². The summed E-state index contributed by atoms with van der Waals surface area (Å²) in [4.78, 5) is 45.0. The van der Waals surface area contributed by atoms with Crippen molar-refractivity contribution in [2.75, 3.05) is 32.8 Å². The Balaban J connectivity index is 1.42. The van der Waals surface area contributed by atoms with E-state index in [4.69, 9.17) is 9.84 Å². The first kappa shape index (κ1) is 34.4. The predicted molar refractivity (Wildman–Crippen MR) is 159 cm³/mol. The molecule has 2 aromatic rings. The second-order valence-electron chi connectivity index (χ2n) is 11.9. The van der Waals surface area contributed by atoms with Crippen LogP contribution in [0, 0.1) is 5.92 Å².